The number of nitrogens with one attached hydrogen (secondary N) is 2. The summed E-state index contributed by atoms with van der Waals surface area (Å²) in [7, 11) is 0. The average molecular weight is 415 g/mol. The molecular weight excluding hydrogens is 394 g/mol. The lowest BCUT2D eigenvalue weighted by atomic mass is 9.92. The predicted octanol–water partition coefficient (Wildman–Crippen LogP) is 2.72. The number of thiazole rings is 1. The summed E-state index contributed by atoms with van der Waals surface area (Å²) in [6.45, 7) is 6.02. The number of anilines is 2. The lowest BCUT2D eigenvalue weighted by Crippen LogP contribution is -2.24. The van der Waals surface area contributed by atoms with E-state index in [9.17, 15) is 14.4 Å². The molecule has 0 bridgehead atoms. The van der Waals surface area contributed by atoms with E-state index in [1.54, 1.807) is 11.4 Å². The van der Waals surface area contributed by atoms with E-state index in [0.29, 0.717) is 23.1 Å². The molecule has 3 rings (SSSR count). The molecule has 10 heteroatoms. The van der Waals surface area contributed by atoms with Crippen molar-refractivity contribution < 1.29 is 18.9 Å². The monoisotopic (exact) mass is 415 g/mol. The molecule has 0 radical (unpaired) electrons. The smallest absolute Gasteiger partial charge is 0.269 e. The third kappa shape index (κ3) is 5.67. The summed E-state index contributed by atoms with van der Waals surface area (Å²) in [6, 6.07) is 1.71. The Kier molecular flexibility index (Phi) is 6.02. The summed E-state index contributed by atoms with van der Waals surface area (Å²) in [5.41, 5.74) is 1.29. The number of amides is 3. The predicted molar refractivity (Wildman–Crippen MR) is 109 cm³/mol. The van der Waals surface area contributed by atoms with Crippen LogP contribution in [0.2, 0.25) is 0 Å². The molecule has 1 aliphatic rings. The fraction of sp³-hybridized carbons (Fsp3) is 0.368. The van der Waals surface area contributed by atoms with E-state index in [0.717, 1.165) is 5.69 Å². The Morgan fingerprint density at radius 3 is 2.72 bits per heavy atom. The third-order valence-electron chi connectivity index (χ3n) is 4.04. The molecule has 2 aromatic heterocycles. The lowest BCUT2D eigenvalue weighted by molar-refractivity contribution is -0.117. The van der Waals surface area contributed by atoms with E-state index in [1.165, 1.54) is 29.7 Å². The second-order valence-electron chi connectivity index (χ2n) is 7.51. The van der Waals surface area contributed by atoms with Gasteiger partial charge in [-0.25, -0.2) is 9.98 Å². The number of rotatable bonds is 6. The van der Waals surface area contributed by atoms with Crippen molar-refractivity contribution in [1.29, 1.82) is 0 Å². The molecule has 1 aliphatic heterocycles. The minimum atomic E-state index is -0.606. The maximum atomic E-state index is 12.1. The van der Waals surface area contributed by atoms with Crippen LogP contribution in [-0.2, 0) is 26.2 Å². The first-order valence-corrected chi connectivity index (χ1v) is 9.87. The van der Waals surface area contributed by atoms with E-state index in [1.807, 2.05) is 20.8 Å². The highest BCUT2D eigenvalue weighted by Gasteiger charge is 2.20. The fourth-order valence-corrected chi connectivity index (χ4v) is 3.13. The van der Waals surface area contributed by atoms with Gasteiger partial charge in [0.1, 0.15) is 0 Å². The Bertz CT molecular complexity index is 967. The van der Waals surface area contributed by atoms with Crippen molar-refractivity contribution in [1.82, 2.24) is 10.1 Å². The van der Waals surface area contributed by atoms with E-state index in [4.69, 9.17) is 4.52 Å². The zero-order valence-corrected chi connectivity index (χ0v) is 17.1. The molecule has 3 heterocycles. The van der Waals surface area contributed by atoms with Crippen LogP contribution in [0.1, 0.15) is 38.6 Å². The van der Waals surface area contributed by atoms with Gasteiger partial charge >= 0.3 is 0 Å². The molecule has 0 spiro atoms. The van der Waals surface area contributed by atoms with Gasteiger partial charge in [-0.05, 0) is 6.42 Å². The first kappa shape index (κ1) is 20.6. The molecule has 1 unspecified atom stereocenters. The van der Waals surface area contributed by atoms with Crippen molar-refractivity contribution in [2.75, 3.05) is 10.6 Å². The van der Waals surface area contributed by atoms with Crippen LogP contribution in [0.25, 0.3) is 0 Å². The molecule has 0 saturated heterocycles. The van der Waals surface area contributed by atoms with Gasteiger partial charge in [-0.1, -0.05) is 32.0 Å². The quantitative estimate of drug-likeness (QED) is 0.747. The third-order valence-corrected chi connectivity index (χ3v) is 4.85. The number of hydrogen-bond acceptors (Lipinski definition) is 7. The molecule has 152 valence electrons. The van der Waals surface area contributed by atoms with Crippen LogP contribution in [0.5, 0.6) is 0 Å². The van der Waals surface area contributed by atoms with Crippen LogP contribution in [0.4, 0.5) is 11.0 Å². The molecule has 1 atom stereocenters. The van der Waals surface area contributed by atoms with Gasteiger partial charge in [-0.3, -0.25) is 19.7 Å². The van der Waals surface area contributed by atoms with E-state index in [-0.39, 0.29) is 29.6 Å². The van der Waals surface area contributed by atoms with Crippen molar-refractivity contribution in [2.24, 2.45) is 10.9 Å². The van der Waals surface area contributed by atoms with Gasteiger partial charge in [0.05, 0.1) is 17.3 Å². The summed E-state index contributed by atoms with van der Waals surface area (Å²) in [4.78, 5) is 43.2. The lowest BCUT2D eigenvalue weighted by Gasteiger charge is -2.12. The fourth-order valence-electron chi connectivity index (χ4n) is 2.38. The van der Waals surface area contributed by atoms with E-state index >= 15 is 0 Å². The van der Waals surface area contributed by atoms with Crippen molar-refractivity contribution >= 4 is 46.3 Å². The normalized spacial score (nSPS) is 16.1. The van der Waals surface area contributed by atoms with Gasteiger partial charge in [0.15, 0.2) is 5.13 Å². The molecule has 9 nitrogen and oxygen atoms in total. The van der Waals surface area contributed by atoms with Crippen LogP contribution >= 0.6 is 11.3 Å². The molecule has 0 fully saturated rings. The zero-order chi connectivity index (χ0) is 21.0. The molecular formula is C19H21N5O4S. The van der Waals surface area contributed by atoms with Gasteiger partial charge in [-0.2, -0.15) is 0 Å². The molecule has 2 aromatic rings. The van der Waals surface area contributed by atoms with Gasteiger partial charge in [0.2, 0.25) is 17.7 Å². The number of carbonyl (C=O) groups excluding carboxylic acids is 3. The highest BCUT2D eigenvalue weighted by atomic mass is 32.1. The number of hydrogen-bond donors (Lipinski definition) is 2. The number of carbonyl (C=O) groups is 3. The van der Waals surface area contributed by atoms with Gasteiger partial charge in [0, 0.05) is 35.6 Å². The Labute approximate surface area is 171 Å². The summed E-state index contributed by atoms with van der Waals surface area (Å²) in [6.07, 6.45) is 4.67. The maximum Gasteiger partial charge on any atom is 0.269 e. The average Bonchev–Trinajstić information content (AvgIpc) is 3.30. The topological polar surface area (TPSA) is 127 Å². The van der Waals surface area contributed by atoms with Crippen LogP contribution in [0.15, 0.2) is 33.1 Å². The molecule has 29 heavy (non-hydrogen) atoms. The minimum Gasteiger partial charge on any atom is -0.338 e. The first-order chi connectivity index (χ1) is 13.7. The van der Waals surface area contributed by atoms with Crippen molar-refractivity contribution in [3.8, 4) is 0 Å². The first-order valence-electron chi connectivity index (χ1n) is 8.99. The van der Waals surface area contributed by atoms with E-state index in [2.05, 4.69) is 25.8 Å². The Morgan fingerprint density at radius 1 is 1.28 bits per heavy atom. The summed E-state index contributed by atoms with van der Waals surface area (Å²) >= 11 is 1.27. The Morgan fingerprint density at radius 2 is 2.07 bits per heavy atom. The standard InChI is InChI=1S/C19H21N5O4S/c1-19(2,3)13-8-16(28-24-13)22-15(26)7-5-12-10-29-18(21-12)23-17(27)11-4-6-14(25)20-9-11/h4,6,8-11H,5,7H2,1-3H3,(H,22,26)(H,21,23,27). The number of aromatic nitrogens is 2. The van der Waals surface area contributed by atoms with Crippen molar-refractivity contribution in [3.05, 3.63) is 35.0 Å². The van der Waals surface area contributed by atoms with Crippen LogP contribution in [0.3, 0.4) is 0 Å². The number of aryl methyl sites for hydroxylation is 1. The minimum absolute atomic E-state index is 0.164. The highest BCUT2D eigenvalue weighted by molar-refractivity contribution is 7.13. The largest absolute Gasteiger partial charge is 0.338 e. The Balaban J connectivity index is 1.47. The van der Waals surface area contributed by atoms with E-state index < -0.39 is 5.92 Å². The van der Waals surface area contributed by atoms with Crippen LogP contribution in [-0.4, -0.2) is 34.1 Å². The molecule has 2 N–H and O–H groups in total. The summed E-state index contributed by atoms with van der Waals surface area (Å²) in [5, 5.41) is 11.5. The summed E-state index contributed by atoms with van der Waals surface area (Å²) in [5.74, 6) is -1.22. The summed E-state index contributed by atoms with van der Waals surface area (Å²) < 4.78 is 5.15. The number of nitrogens with zero attached hydrogens (tertiary/aromatic N) is 3. The SMILES string of the molecule is CC(C)(C)c1cc(NC(=O)CCc2csc(NC(=O)C3C=CC(=O)N=C3)n2)on1. The van der Waals surface area contributed by atoms with Gasteiger partial charge in [0.25, 0.3) is 5.91 Å². The van der Waals surface area contributed by atoms with Crippen molar-refractivity contribution in [2.45, 2.75) is 39.0 Å². The maximum absolute atomic E-state index is 12.1. The number of aliphatic imine (C=N–C) groups is 1. The van der Waals surface area contributed by atoms with Gasteiger partial charge in [-0.15, -0.1) is 11.3 Å². The molecule has 0 aromatic carbocycles. The number of dihydropyridines is 1. The van der Waals surface area contributed by atoms with Gasteiger partial charge < -0.3 is 9.84 Å². The van der Waals surface area contributed by atoms with Crippen LogP contribution in [0, 0.1) is 5.92 Å². The molecule has 3 amide bonds. The zero-order valence-electron chi connectivity index (χ0n) is 16.3. The van der Waals surface area contributed by atoms with Crippen molar-refractivity contribution in [3.63, 3.8) is 0 Å². The molecule has 0 saturated carbocycles. The second-order valence-corrected chi connectivity index (χ2v) is 8.37. The Hall–Kier alpha value is -3.14. The second kappa shape index (κ2) is 8.48. The van der Waals surface area contributed by atoms with Crippen LogP contribution < -0.4 is 10.6 Å². The highest BCUT2D eigenvalue weighted by Crippen LogP contribution is 2.24. The molecule has 0 aliphatic carbocycles.